The molecule has 2 aromatic rings. The number of hydrogen-bond acceptors (Lipinski definition) is 5. The normalized spacial score (nSPS) is 20.5. The van der Waals surface area contributed by atoms with Gasteiger partial charge in [0.15, 0.2) is 0 Å². The summed E-state index contributed by atoms with van der Waals surface area (Å²) in [6.45, 7) is 5.44. The first-order valence-electron chi connectivity index (χ1n) is 9.15. The van der Waals surface area contributed by atoms with E-state index in [2.05, 4.69) is 20.4 Å². The van der Waals surface area contributed by atoms with Crippen LogP contribution in [0.1, 0.15) is 29.9 Å². The predicted molar refractivity (Wildman–Crippen MR) is 97.5 cm³/mol. The van der Waals surface area contributed by atoms with Crippen LogP contribution in [0.3, 0.4) is 0 Å². The van der Waals surface area contributed by atoms with Crippen molar-refractivity contribution in [2.24, 2.45) is 0 Å². The summed E-state index contributed by atoms with van der Waals surface area (Å²) in [6, 6.07) is 8.04. The molecule has 0 saturated carbocycles. The Kier molecular flexibility index (Phi) is 5.17. The Morgan fingerprint density at radius 1 is 1.23 bits per heavy atom. The second kappa shape index (κ2) is 7.88. The van der Waals surface area contributed by atoms with Gasteiger partial charge in [0.2, 0.25) is 5.91 Å². The Labute approximate surface area is 152 Å². The molecule has 1 fully saturated rings. The van der Waals surface area contributed by atoms with Gasteiger partial charge in [-0.1, -0.05) is 12.1 Å². The number of nitrogens with one attached hydrogen (secondary N) is 2. The summed E-state index contributed by atoms with van der Waals surface area (Å²) in [4.78, 5) is 14.3. The molecule has 0 spiro atoms. The van der Waals surface area contributed by atoms with Crippen LogP contribution in [-0.4, -0.2) is 60.5 Å². The Balaban J connectivity index is 1.31. The molecule has 1 unspecified atom stereocenters. The molecule has 2 N–H and O–H groups in total. The zero-order valence-corrected chi connectivity index (χ0v) is 14.7. The number of amides is 1. The average Bonchev–Trinajstić information content (AvgIpc) is 3.14. The molecule has 1 amide bonds. The lowest BCUT2D eigenvalue weighted by Crippen LogP contribution is -2.37. The summed E-state index contributed by atoms with van der Waals surface area (Å²) < 4.78 is 11.2. The minimum absolute atomic E-state index is 0.00943. The zero-order chi connectivity index (χ0) is 17.8. The van der Waals surface area contributed by atoms with Crippen LogP contribution < -0.4 is 10.1 Å². The van der Waals surface area contributed by atoms with Crippen molar-refractivity contribution in [2.45, 2.75) is 18.8 Å². The first-order valence-corrected chi connectivity index (χ1v) is 9.15. The largest absolute Gasteiger partial charge is 0.494 e. The van der Waals surface area contributed by atoms with Crippen LogP contribution in [0.15, 0.2) is 30.5 Å². The van der Waals surface area contributed by atoms with Crippen molar-refractivity contribution in [2.75, 3.05) is 44.8 Å². The number of benzene rings is 1. The maximum atomic E-state index is 11.9. The highest BCUT2D eigenvalue weighted by Gasteiger charge is 2.27. The number of carbonyl (C=O) groups is 1. The van der Waals surface area contributed by atoms with Crippen molar-refractivity contribution >= 4 is 11.7 Å². The van der Waals surface area contributed by atoms with Crippen LogP contribution in [-0.2, 0) is 9.53 Å². The minimum atomic E-state index is 0.00943. The fourth-order valence-corrected chi connectivity index (χ4v) is 3.54. The number of fused-ring (bicyclic) bond motifs is 1. The number of H-pyrrole nitrogens is 1. The van der Waals surface area contributed by atoms with Gasteiger partial charge in [0.25, 0.3) is 0 Å². The molecule has 138 valence electrons. The van der Waals surface area contributed by atoms with E-state index in [4.69, 9.17) is 9.47 Å². The van der Waals surface area contributed by atoms with Gasteiger partial charge in [0.05, 0.1) is 26.0 Å². The lowest BCUT2D eigenvalue weighted by molar-refractivity contribution is -0.116. The number of nitrogens with zero attached hydrogens (tertiary/aromatic N) is 2. The summed E-state index contributed by atoms with van der Waals surface area (Å²) in [5.74, 6) is 1.61. The molecule has 1 aromatic carbocycles. The number of ether oxygens (including phenoxy) is 2. The summed E-state index contributed by atoms with van der Waals surface area (Å²) >= 11 is 0. The van der Waals surface area contributed by atoms with E-state index in [0.717, 1.165) is 56.1 Å². The molecule has 7 nitrogen and oxygen atoms in total. The molecule has 26 heavy (non-hydrogen) atoms. The highest BCUT2D eigenvalue weighted by atomic mass is 16.5. The van der Waals surface area contributed by atoms with Gasteiger partial charge in [0.1, 0.15) is 11.6 Å². The Bertz CT molecular complexity index is 737. The van der Waals surface area contributed by atoms with Gasteiger partial charge >= 0.3 is 0 Å². The molecule has 1 saturated heterocycles. The smallest absolute Gasteiger partial charge is 0.226 e. The number of anilines is 1. The number of aromatic nitrogens is 2. The molecular weight excluding hydrogens is 332 g/mol. The maximum Gasteiger partial charge on any atom is 0.226 e. The maximum absolute atomic E-state index is 11.9. The highest BCUT2D eigenvalue weighted by Crippen LogP contribution is 2.36. The van der Waals surface area contributed by atoms with Crippen LogP contribution in [0.5, 0.6) is 5.75 Å². The van der Waals surface area contributed by atoms with Gasteiger partial charge < -0.3 is 14.8 Å². The summed E-state index contributed by atoms with van der Waals surface area (Å²) in [7, 11) is 0. The third kappa shape index (κ3) is 3.89. The van der Waals surface area contributed by atoms with Crippen molar-refractivity contribution < 1.29 is 14.3 Å². The number of aromatic amines is 1. The Morgan fingerprint density at radius 2 is 2.04 bits per heavy atom. The van der Waals surface area contributed by atoms with Crippen molar-refractivity contribution in [3.8, 4) is 5.75 Å². The van der Waals surface area contributed by atoms with E-state index in [1.807, 2.05) is 24.3 Å². The van der Waals surface area contributed by atoms with Gasteiger partial charge in [-0.05, 0) is 24.1 Å². The molecule has 4 rings (SSSR count). The SMILES string of the molecule is O=C1CC(c2ccc(OCCCN3CCOCC3)cc2)c2cn[nH]c2N1. The molecule has 0 radical (unpaired) electrons. The number of morpholine rings is 1. The van der Waals surface area contributed by atoms with E-state index in [-0.39, 0.29) is 11.8 Å². The third-order valence-electron chi connectivity index (χ3n) is 4.97. The predicted octanol–water partition coefficient (Wildman–Crippen LogP) is 1.98. The van der Waals surface area contributed by atoms with Gasteiger partial charge in [-0.15, -0.1) is 0 Å². The summed E-state index contributed by atoms with van der Waals surface area (Å²) in [5, 5.41) is 9.70. The summed E-state index contributed by atoms with van der Waals surface area (Å²) in [5.41, 5.74) is 2.13. The lowest BCUT2D eigenvalue weighted by atomic mass is 9.87. The molecule has 7 heteroatoms. The van der Waals surface area contributed by atoms with Crippen LogP contribution in [0, 0.1) is 0 Å². The van der Waals surface area contributed by atoms with Crippen LogP contribution in [0.2, 0.25) is 0 Å². The molecule has 1 atom stereocenters. The first kappa shape index (κ1) is 17.1. The highest BCUT2D eigenvalue weighted by molar-refractivity contribution is 5.94. The van der Waals surface area contributed by atoms with Gasteiger partial charge in [-0.3, -0.25) is 14.8 Å². The topological polar surface area (TPSA) is 79.5 Å². The standard InChI is InChI=1S/C19H24N4O3/c24-18-12-16(17-13-20-22-19(17)21-18)14-2-4-15(5-3-14)26-9-1-6-23-7-10-25-11-8-23/h2-5,13,16H,1,6-12H2,(H2,20,21,22,24). The second-order valence-corrected chi connectivity index (χ2v) is 6.73. The average molecular weight is 356 g/mol. The quantitative estimate of drug-likeness (QED) is 0.774. The van der Waals surface area contributed by atoms with Gasteiger partial charge in [-0.2, -0.15) is 5.10 Å². The lowest BCUT2D eigenvalue weighted by Gasteiger charge is -2.26. The van der Waals surface area contributed by atoms with Crippen molar-refractivity contribution in [3.63, 3.8) is 0 Å². The molecule has 2 aliphatic heterocycles. The molecule has 0 aliphatic carbocycles. The zero-order valence-electron chi connectivity index (χ0n) is 14.7. The Hall–Kier alpha value is -2.38. The van der Waals surface area contributed by atoms with Gasteiger partial charge in [-0.25, -0.2) is 0 Å². The first-order chi connectivity index (χ1) is 12.8. The van der Waals surface area contributed by atoms with Crippen molar-refractivity contribution in [1.82, 2.24) is 15.1 Å². The number of hydrogen-bond donors (Lipinski definition) is 2. The van der Waals surface area contributed by atoms with E-state index in [1.54, 1.807) is 6.20 Å². The number of carbonyl (C=O) groups excluding carboxylic acids is 1. The van der Waals surface area contributed by atoms with E-state index >= 15 is 0 Å². The summed E-state index contributed by atoms with van der Waals surface area (Å²) in [6.07, 6.45) is 3.23. The van der Waals surface area contributed by atoms with Gasteiger partial charge in [0, 0.05) is 37.5 Å². The monoisotopic (exact) mass is 356 g/mol. The van der Waals surface area contributed by atoms with E-state index in [9.17, 15) is 4.79 Å². The van der Waals surface area contributed by atoms with E-state index < -0.39 is 0 Å². The van der Waals surface area contributed by atoms with Crippen molar-refractivity contribution in [1.29, 1.82) is 0 Å². The molecule has 1 aromatic heterocycles. The fraction of sp³-hybridized carbons (Fsp3) is 0.474. The minimum Gasteiger partial charge on any atom is -0.494 e. The third-order valence-corrected chi connectivity index (χ3v) is 4.97. The van der Waals surface area contributed by atoms with Crippen LogP contribution in [0.25, 0.3) is 0 Å². The van der Waals surface area contributed by atoms with Crippen molar-refractivity contribution in [3.05, 3.63) is 41.6 Å². The molecule has 2 aliphatic rings. The second-order valence-electron chi connectivity index (χ2n) is 6.73. The van der Waals surface area contributed by atoms with Crippen LogP contribution >= 0.6 is 0 Å². The van der Waals surface area contributed by atoms with E-state index in [1.165, 1.54) is 0 Å². The molecule has 0 bridgehead atoms. The number of rotatable bonds is 6. The van der Waals surface area contributed by atoms with E-state index in [0.29, 0.717) is 18.8 Å². The Morgan fingerprint density at radius 3 is 2.85 bits per heavy atom. The van der Waals surface area contributed by atoms with Crippen LogP contribution in [0.4, 0.5) is 5.82 Å². The fourth-order valence-electron chi connectivity index (χ4n) is 3.54. The molecule has 3 heterocycles. The molecular formula is C19H24N4O3.